The van der Waals surface area contributed by atoms with Gasteiger partial charge in [-0.15, -0.1) is 0 Å². The second-order valence-corrected chi connectivity index (χ2v) is 11.3. The molecule has 0 atom stereocenters. The molecule has 0 N–H and O–H groups in total. The van der Waals surface area contributed by atoms with Gasteiger partial charge < -0.3 is 0 Å². The summed E-state index contributed by atoms with van der Waals surface area (Å²) < 4.78 is 61.8. The highest BCUT2D eigenvalue weighted by Crippen LogP contribution is 2.52. The van der Waals surface area contributed by atoms with Crippen molar-refractivity contribution in [2.45, 2.75) is 0 Å². The first-order valence-electron chi connectivity index (χ1n) is 15.0. The number of hydrogen-bond acceptors (Lipinski definition) is 9. The topological polar surface area (TPSA) is 214 Å². The number of nitrogens with zero attached hydrogens (tertiary/aromatic N) is 9. The Morgan fingerprint density at radius 2 is 0.796 bits per heavy atom. The third kappa shape index (κ3) is 5.01. The van der Waals surface area contributed by atoms with E-state index in [1.807, 2.05) is 24.3 Å². The molecular weight excluding hydrogens is 695 g/mol. The molecule has 0 aliphatic heterocycles. The van der Waals surface area contributed by atoms with Gasteiger partial charge in [-0.2, -0.15) is 47.4 Å². The Bertz CT molecular complexity index is 2800. The lowest BCUT2D eigenvalue weighted by Gasteiger charge is -2.17. The molecule has 6 rings (SSSR count). The monoisotopic (exact) mass is 703 g/mol. The molecule has 0 amide bonds. The van der Waals surface area contributed by atoms with Gasteiger partial charge in [0.15, 0.2) is 23.3 Å². The minimum atomic E-state index is -2.03. The van der Waals surface area contributed by atoms with E-state index in [1.54, 1.807) is 24.3 Å². The lowest BCUT2D eigenvalue weighted by molar-refractivity contribution is 0.454. The number of benzene rings is 4. The minimum absolute atomic E-state index is 0.0827. The maximum absolute atomic E-state index is 15.8. The van der Waals surface area contributed by atoms with E-state index in [1.165, 1.54) is 42.5 Å². The quantitative estimate of drug-likeness (QED) is 0.114. The molecule has 2 aliphatic rings. The van der Waals surface area contributed by atoms with Crippen LogP contribution in [0.5, 0.6) is 0 Å². The van der Waals surface area contributed by atoms with Gasteiger partial charge in [0.1, 0.15) is 59.2 Å². The average Bonchev–Trinajstić information content (AvgIpc) is 3.70. The third-order valence-electron chi connectivity index (χ3n) is 8.72. The number of halogens is 4. The first-order valence-corrected chi connectivity index (χ1v) is 15.0. The molecule has 13 heteroatoms. The number of fused-ring (bicyclic) bond motifs is 2. The first kappa shape index (κ1) is 34.8. The summed E-state index contributed by atoms with van der Waals surface area (Å²) in [5.74, 6) is -8.04. The van der Waals surface area contributed by atoms with E-state index in [0.717, 1.165) is 18.2 Å². The van der Waals surface area contributed by atoms with Crippen LogP contribution >= 0.6 is 0 Å². The molecule has 0 unspecified atom stereocenters. The summed E-state index contributed by atoms with van der Waals surface area (Å²) in [4.78, 5) is 0. The molecule has 0 saturated carbocycles. The van der Waals surface area contributed by atoms with E-state index in [2.05, 4.69) is 0 Å². The van der Waals surface area contributed by atoms with Gasteiger partial charge in [-0.25, -0.2) is 17.6 Å². The highest BCUT2D eigenvalue weighted by atomic mass is 19.2. The molecule has 9 nitrogen and oxygen atoms in total. The van der Waals surface area contributed by atoms with Crippen molar-refractivity contribution in [3.8, 4) is 65.7 Å². The number of allylic oxidation sites excluding steroid dienone is 8. The fourth-order valence-corrected chi connectivity index (χ4v) is 6.51. The Balaban J connectivity index is 1.86. The molecule has 0 spiro atoms. The van der Waals surface area contributed by atoms with E-state index < -0.39 is 51.1 Å². The van der Waals surface area contributed by atoms with Crippen molar-refractivity contribution < 1.29 is 17.6 Å². The lowest BCUT2D eigenvalue weighted by Crippen LogP contribution is -2.05. The van der Waals surface area contributed by atoms with Gasteiger partial charge in [0.25, 0.3) is 0 Å². The third-order valence-corrected chi connectivity index (χ3v) is 8.72. The Morgan fingerprint density at radius 1 is 0.407 bits per heavy atom. The lowest BCUT2D eigenvalue weighted by atomic mass is 9.85. The second kappa shape index (κ2) is 13.4. The molecule has 246 valence electrons. The maximum Gasteiger partial charge on any atom is 0.180 e. The number of rotatable bonds is 3. The van der Waals surface area contributed by atoms with Crippen LogP contribution in [-0.2, 0) is 0 Å². The zero-order chi connectivity index (χ0) is 39.0. The summed E-state index contributed by atoms with van der Waals surface area (Å²) >= 11 is 0. The highest BCUT2D eigenvalue weighted by molar-refractivity contribution is 6.28. The molecule has 0 heterocycles. The predicted octanol–water partition coefficient (Wildman–Crippen LogP) is 8.02. The molecule has 0 radical (unpaired) electrons. The fourth-order valence-electron chi connectivity index (χ4n) is 6.51. The van der Waals surface area contributed by atoms with Crippen molar-refractivity contribution >= 4 is 33.4 Å². The van der Waals surface area contributed by atoms with Crippen molar-refractivity contribution in [2.75, 3.05) is 0 Å². The molecular formula is C41H9F4N9. The summed E-state index contributed by atoms with van der Waals surface area (Å²) in [6.45, 7) is 0. The van der Waals surface area contributed by atoms with Gasteiger partial charge in [0.2, 0.25) is 0 Å². The normalized spacial score (nSPS) is 12.1. The van der Waals surface area contributed by atoms with Crippen LogP contribution in [0.25, 0.3) is 44.6 Å². The molecule has 0 aromatic heterocycles. The van der Waals surface area contributed by atoms with Gasteiger partial charge >= 0.3 is 0 Å². The summed E-state index contributed by atoms with van der Waals surface area (Å²) in [6.07, 6.45) is 0. The van der Waals surface area contributed by atoms with Crippen molar-refractivity contribution in [2.24, 2.45) is 0 Å². The van der Waals surface area contributed by atoms with E-state index in [4.69, 9.17) is 0 Å². The number of hydrogen-bond donors (Lipinski definition) is 0. The Kier molecular flexibility index (Phi) is 8.61. The van der Waals surface area contributed by atoms with Crippen LogP contribution in [0.15, 0.2) is 65.7 Å². The molecule has 4 aromatic carbocycles. The standard InChI is InChI=1S/C41H9F4N9/c42-38-32(18-54)39(43)41(45)37(40(38)44)23-8-21(33-30(16-52)28-5-19(10-46)1-3-26(28)35(33)24(12-48)13-49)7-22(9-23)34-31(17-53)29-6-20(11-47)2-4-27(29)36(34)25(14-50)15-51/h1-9H. The van der Waals surface area contributed by atoms with Gasteiger partial charge in [0.05, 0.1) is 40.0 Å². The smallest absolute Gasteiger partial charge is 0.180 e. The molecule has 0 bridgehead atoms. The van der Waals surface area contributed by atoms with Crippen LogP contribution in [0.1, 0.15) is 50.1 Å². The molecule has 54 heavy (non-hydrogen) atoms. The van der Waals surface area contributed by atoms with Gasteiger partial charge in [0, 0.05) is 33.4 Å². The van der Waals surface area contributed by atoms with E-state index in [-0.39, 0.29) is 77.9 Å². The van der Waals surface area contributed by atoms with E-state index in [0.29, 0.717) is 0 Å². The highest BCUT2D eigenvalue weighted by Gasteiger charge is 2.35. The van der Waals surface area contributed by atoms with Gasteiger partial charge in [-0.1, -0.05) is 12.1 Å². The van der Waals surface area contributed by atoms with Crippen molar-refractivity contribution in [3.63, 3.8) is 0 Å². The van der Waals surface area contributed by atoms with Gasteiger partial charge in [-0.3, -0.25) is 0 Å². The van der Waals surface area contributed by atoms with Crippen LogP contribution in [0.4, 0.5) is 17.6 Å². The van der Waals surface area contributed by atoms with Gasteiger partial charge in [-0.05, 0) is 70.3 Å². The zero-order valence-electron chi connectivity index (χ0n) is 26.7. The largest absolute Gasteiger partial charge is 0.203 e. The Labute approximate surface area is 302 Å². The van der Waals surface area contributed by atoms with Crippen molar-refractivity contribution in [1.82, 2.24) is 0 Å². The maximum atomic E-state index is 15.8. The van der Waals surface area contributed by atoms with E-state index in [9.17, 15) is 47.4 Å². The molecule has 4 aromatic rings. The molecule has 0 saturated heterocycles. The first-order chi connectivity index (χ1) is 26.1. The second-order valence-electron chi connectivity index (χ2n) is 11.3. The predicted molar refractivity (Wildman–Crippen MR) is 180 cm³/mol. The summed E-state index contributed by atoms with van der Waals surface area (Å²) in [5.41, 5.74) is -5.48. The van der Waals surface area contributed by atoms with Crippen LogP contribution in [0.3, 0.4) is 0 Å². The minimum Gasteiger partial charge on any atom is -0.203 e. The van der Waals surface area contributed by atoms with Crippen LogP contribution < -0.4 is 0 Å². The van der Waals surface area contributed by atoms with Crippen LogP contribution in [0, 0.1) is 125 Å². The average molecular weight is 704 g/mol. The summed E-state index contributed by atoms with van der Waals surface area (Å²) in [5, 5.41) is 89.4. The van der Waals surface area contributed by atoms with Crippen molar-refractivity contribution in [1.29, 1.82) is 47.4 Å². The van der Waals surface area contributed by atoms with Crippen LogP contribution in [-0.4, -0.2) is 0 Å². The Hall–Kier alpha value is -9.03. The SMILES string of the molecule is N#CC(C#N)=C1C(c2cc(C3=C(C#N)c4cc(C#N)ccc4C3=C(C#N)C#N)cc(-c3c(F)c(F)c(C#N)c(F)c3F)c2)=C(C#N)c2cc(C#N)ccc21. The van der Waals surface area contributed by atoms with E-state index >= 15 is 17.6 Å². The Morgan fingerprint density at radius 3 is 1.13 bits per heavy atom. The summed E-state index contributed by atoms with van der Waals surface area (Å²) in [7, 11) is 0. The van der Waals surface area contributed by atoms with Crippen molar-refractivity contribution in [3.05, 3.63) is 139 Å². The zero-order valence-corrected chi connectivity index (χ0v) is 26.7. The number of nitriles is 9. The molecule has 0 fully saturated rings. The fraction of sp³-hybridized carbons (Fsp3) is 0. The van der Waals surface area contributed by atoms with Crippen LogP contribution in [0.2, 0.25) is 0 Å². The summed E-state index contributed by atoms with van der Waals surface area (Å²) in [6, 6.07) is 27.2. The molecule has 2 aliphatic carbocycles.